The van der Waals surface area contributed by atoms with Crippen LogP contribution in [-0.2, 0) is 9.59 Å². The van der Waals surface area contributed by atoms with Crippen LogP contribution in [0.1, 0.15) is 58.6 Å². The van der Waals surface area contributed by atoms with E-state index >= 15 is 0 Å². The van der Waals surface area contributed by atoms with Gasteiger partial charge in [-0.05, 0) is 43.0 Å². The third-order valence-corrected chi connectivity index (χ3v) is 3.34. The first-order valence-electron chi connectivity index (χ1n) is 7.65. The molecule has 122 valence electrons. The van der Waals surface area contributed by atoms with Crippen molar-refractivity contribution in [3.63, 3.8) is 0 Å². The number of amides is 1. The molecule has 0 aliphatic heterocycles. The van der Waals surface area contributed by atoms with Crippen LogP contribution < -0.4 is 10.1 Å². The molecule has 0 radical (unpaired) electrons. The number of aryl methyl sites for hydroxylation is 1. The number of carbonyl (C=O) groups excluding carboxylic acids is 2. The van der Waals surface area contributed by atoms with Crippen LogP contribution >= 0.6 is 0 Å². The quantitative estimate of drug-likeness (QED) is 0.683. The van der Waals surface area contributed by atoms with Gasteiger partial charge in [-0.3, -0.25) is 4.79 Å². The summed E-state index contributed by atoms with van der Waals surface area (Å²) in [6, 6.07) is 5.08. The van der Waals surface area contributed by atoms with Crippen molar-refractivity contribution >= 4 is 11.9 Å². The minimum Gasteiger partial charge on any atom is -0.425 e. The molecule has 1 aromatic rings. The van der Waals surface area contributed by atoms with Crippen molar-refractivity contribution in [2.24, 2.45) is 5.41 Å². The van der Waals surface area contributed by atoms with E-state index in [0.717, 1.165) is 11.1 Å². The first kappa shape index (κ1) is 18.2. The zero-order valence-electron chi connectivity index (χ0n) is 14.6. The van der Waals surface area contributed by atoms with Gasteiger partial charge in [0.15, 0.2) is 0 Å². The minimum atomic E-state index is -0.685. The number of benzene rings is 1. The van der Waals surface area contributed by atoms with Crippen LogP contribution in [0.25, 0.3) is 0 Å². The average Bonchev–Trinajstić information content (AvgIpc) is 2.36. The second-order valence-corrected chi connectivity index (χ2v) is 7.10. The van der Waals surface area contributed by atoms with Gasteiger partial charge in [-0.2, -0.15) is 0 Å². The third kappa shape index (κ3) is 5.17. The molecule has 22 heavy (non-hydrogen) atoms. The van der Waals surface area contributed by atoms with Crippen molar-refractivity contribution in [1.82, 2.24) is 5.32 Å². The maximum absolute atomic E-state index is 12.1. The van der Waals surface area contributed by atoms with Crippen LogP contribution in [0.4, 0.5) is 0 Å². The smallest absolute Gasteiger partial charge is 0.333 e. The summed E-state index contributed by atoms with van der Waals surface area (Å²) in [5, 5.41) is 2.68. The summed E-state index contributed by atoms with van der Waals surface area (Å²) >= 11 is 0. The Bertz CT molecular complexity index is 556. The second kappa shape index (κ2) is 6.95. The van der Waals surface area contributed by atoms with Crippen LogP contribution in [0.15, 0.2) is 18.2 Å². The Morgan fingerprint density at radius 3 is 2.18 bits per heavy atom. The van der Waals surface area contributed by atoms with Crippen molar-refractivity contribution in [3.8, 4) is 5.75 Å². The molecule has 0 aliphatic carbocycles. The Morgan fingerprint density at radius 2 is 1.68 bits per heavy atom. The van der Waals surface area contributed by atoms with Gasteiger partial charge in [-0.15, -0.1) is 0 Å². The van der Waals surface area contributed by atoms with Crippen molar-refractivity contribution in [2.75, 3.05) is 0 Å². The molecule has 0 saturated carbocycles. The van der Waals surface area contributed by atoms with Crippen LogP contribution in [0.3, 0.4) is 0 Å². The molecule has 0 spiro atoms. The fraction of sp³-hybridized carbons (Fsp3) is 0.556. The fourth-order valence-corrected chi connectivity index (χ4v) is 1.85. The van der Waals surface area contributed by atoms with Crippen molar-refractivity contribution < 1.29 is 14.3 Å². The summed E-state index contributed by atoms with van der Waals surface area (Å²) in [5.74, 6) is 0.239. The Morgan fingerprint density at radius 1 is 1.09 bits per heavy atom. The molecule has 0 saturated heterocycles. The van der Waals surface area contributed by atoms with Crippen LogP contribution in [-0.4, -0.2) is 17.9 Å². The lowest BCUT2D eigenvalue weighted by molar-refractivity contribution is -0.140. The van der Waals surface area contributed by atoms with Gasteiger partial charge >= 0.3 is 5.97 Å². The number of hydrogen-bond acceptors (Lipinski definition) is 3. The predicted molar refractivity (Wildman–Crippen MR) is 88.0 cm³/mol. The van der Waals surface area contributed by atoms with Gasteiger partial charge < -0.3 is 10.1 Å². The van der Waals surface area contributed by atoms with Crippen LogP contribution in [0, 0.1) is 12.3 Å². The molecule has 4 heteroatoms. The molecule has 1 unspecified atom stereocenters. The molecule has 0 heterocycles. The SMILES string of the molecule is Cc1cc(OC(=O)C(C)NC(=O)C(C)(C)C)cc(C(C)C)c1. The Labute approximate surface area is 133 Å². The summed E-state index contributed by atoms with van der Waals surface area (Å²) in [4.78, 5) is 24.0. The molecule has 1 N–H and O–H groups in total. The molecule has 1 rings (SSSR count). The van der Waals surface area contributed by atoms with E-state index < -0.39 is 17.4 Å². The van der Waals surface area contributed by atoms with Crippen molar-refractivity contribution in [1.29, 1.82) is 0 Å². The summed E-state index contributed by atoms with van der Waals surface area (Å²) in [6.45, 7) is 13.2. The molecule has 4 nitrogen and oxygen atoms in total. The monoisotopic (exact) mass is 305 g/mol. The lowest BCUT2D eigenvalue weighted by Crippen LogP contribution is -2.45. The molecule has 0 bridgehead atoms. The van der Waals surface area contributed by atoms with E-state index in [9.17, 15) is 9.59 Å². The lowest BCUT2D eigenvalue weighted by atomic mass is 9.95. The Kier molecular flexibility index (Phi) is 5.75. The summed E-state index contributed by atoms with van der Waals surface area (Å²) in [5.41, 5.74) is 1.62. The van der Waals surface area contributed by atoms with E-state index in [0.29, 0.717) is 11.7 Å². The topological polar surface area (TPSA) is 55.4 Å². The minimum absolute atomic E-state index is 0.177. The molecular weight excluding hydrogens is 278 g/mol. The predicted octanol–water partition coefficient (Wildman–Crippen LogP) is 3.57. The van der Waals surface area contributed by atoms with E-state index in [1.54, 1.807) is 27.7 Å². The summed E-state index contributed by atoms with van der Waals surface area (Å²) in [7, 11) is 0. The summed E-state index contributed by atoms with van der Waals surface area (Å²) < 4.78 is 5.41. The fourth-order valence-electron chi connectivity index (χ4n) is 1.85. The highest BCUT2D eigenvalue weighted by atomic mass is 16.5. The van der Waals surface area contributed by atoms with Gasteiger partial charge in [0.1, 0.15) is 11.8 Å². The maximum atomic E-state index is 12.1. The average molecular weight is 305 g/mol. The molecular formula is C18H27NO3. The Hall–Kier alpha value is -1.84. The molecule has 0 aromatic heterocycles. The van der Waals surface area contributed by atoms with Crippen molar-refractivity contribution in [2.45, 2.75) is 60.4 Å². The zero-order chi connectivity index (χ0) is 17.1. The number of esters is 1. The second-order valence-electron chi connectivity index (χ2n) is 7.10. The normalized spacial score (nSPS) is 12.9. The number of hydrogen-bond donors (Lipinski definition) is 1. The van der Waals surface area contributed by atoms with Gasteiger partial charge in [0.25, 0.3) is 0 Å². The Balaban J connectivity index is 2.78. The van der Waals surface area contributed by atoms with Gasteiger partial charge in [0.05, 0.1) is 0 Å². The highest BCUT2D eigenvalue weighted by Crippen LogP contribution is 2.23. The largest absolute Gasteiger partial charge is 0.425 e. The molecule has 0 fully saturated rings. The van der Waals surface area contributed by atoms with E-state index in [-0.39, 0.29) is 5.91 Å². The van der Waals surface area contributed by atoms with Gasteiger partial charge in [0.2, 0.25) is 5.91 Å². The van der Waals surface area contributed by atoms with Gasteiger partial charge in [0, 0.05) is 5.41 Å². The van der Waals surface area contributed by atoms with E-state index in [4.69, 9.17) is 4.74 Å². The first-order valence-corrected chi connectivity index (χ1v) is 7.65. The third-order valence-electron chi connectivity index (χ3n) is 3.34. The molecule has 0 aliphatic rings. The van der Waals surface area contributed by atoms with Crippen LogP contribution in [0.5, 0.6) is 5.75 Å². The van der Waals surface area contributed by atoms with Crippen LogP contribution in [0.2, 0.25) is 0 Å². The van der Waals surface area contributed by atoms with Crippen molar-refractivity contribution in [3.05, 3.63) is 29.3 Å². The zero-order valence-corrected chi connectivity index (χ0v) is 14.6. The number of carbonyl (C=O) groups is 2. The first-order chi connectivity index (χ1) is 10.0. The molecule has 1 amide bonds. The maximum Gasteiger partial charge on any atom is 0.333 e. The van der Waals surface area contributed by atoms with E-state index in [2.05, 4.69) is 25.2 Å². The number of nitrogens with one attached hydrogen (secondary N) is 1. The highest BCUT2D eigenvalue weighted by molar-refractivity contribution is 5.87. The number of rotatable bonds is 4. The lowest BCUT2D eigenvalue weighted by Gasteiger charge is -2.21. The molecule has 1 atom stereocenters. The summed E-state index contributed by atoms with van der Waals surface area (Å²) in [6.07, 6.45) is 0. The van der Waals surface area contributed by atoms with Gasteiger partial charge in [-0.1, -0.05) is 40.7 Å². The van der Waals surface area contributed by atoms with E-state index in [1.165, 1.54) is 0 Å². The number of ether oxygens (including phenoxy) is 1. The molecule has 1 aromatic carbocycles. The standard InChI is InChI=1S/C18H27NO3/c1-11(2)14-8-12(3)9-15(10-14)22-16(20)13(4)19-17(21)18(5,6)7/h8-11,13H,1-7H3,(H,19,21). The van der Waals surface area contributed by atoms with E-state index in [1.807, 2.05) is 19.1 Å². The van der Waals surface area contributed by atoms with Gasteiger partial charge in [-0.25, -0.2) is 4.79 Å². The highest BCUT2D eigenvalue weighted by Gasteiger charge is 2.26.